The normalized spacial score (nSPS) is 14.6. The fourth-order valence-electron chi connectivity index (χ4n) is 2.25. The van der Waals surface area contributed by atoms with Gasteiger partial charge in [-0.05, 0) is 23.6 Å². The van der Waals surface area contributed by atoms with Gasteiger partial charge in [-0.2, -0.15) is 0 Å². The van der Waals surface area contributed by atoms with E-state index in [2.05, 4.69) is 61.3 Å². The van der Waals surface area contributed by atoms with Crippen LogP contribution in [0, 0.1) is 5.92 Å². The van der Waals surface area contributed by atoms with Crippen LogP contribution >= 0.6 is 0 Å². The van der Waals surface area contributed by atoms with E-state index in [1.165, 1.54) is 17.7 Å². The fourth-order valence-corrected chi connectivity index (χ4v) is 2.25. The van der Waals surface area contributed by atoms with Gasteiger partial charge in [-0.3, -0.25) is 0 Å². The van der Waals surface area contributed by atoms with E-state index in [9.17, 15) is 0 Å². The predicted octanol–water partition coefficient (Wildman–Crippen LogP) is 4.19. The van der Waals surface area contributed by atoms with Gasteiger partial charge < -0.3 is 4.98 Å². The molecule has 0 amide bonds. The number of hydrogen-bond acceptors (Lipinski definition) is 0. The van der Waals surface area contributed by atoms with Crippen molar-refractivity contribution in [2.75, 3.05) is 0 Å². The number of aromatic nitrogens is 1. The molecule has 2 unspecified atom stereocenters. The quantitative estimate of drug-likeness (QED) is 0.783. The van der Waals surface area contributed by atoms with Crippen molar-refractivity contribution in [1.29, 1.82) is 0 Å². The Kier molecular flexibility index (Phi) is 3.45. The summed E-state index contributed by atoms with van der Waals surface area (Å²) in [5.41, 5.74) is 2.72. The van der Waals surface area contributed by atoms with Crippen molar-refractivity contribution in [3.63, 3.8) is 0 Å². The minimum Gasteiger partial charge on any atom is -0.364 e. The van der Waals surface area contributed by atoms with Crippen molar-refractivity contribution in [3.8, 4) is 0 Å². The van der Waals surface area contributed by atoms with Crippen LogP contribution in [0.15, 0.2) is 48.7 Å². The molecule has 0 fully saturated rings. The van der Waals surface area contributed by atoms with Crippen LogP contribution in [0.4, 0.5) is 0 Å². The maximum absolute atomic E-state index is 3.35. The van der Waals surface area contributed by atoms with Gasteiger partial charge in [-0.25, -0.2) is 0 Å². The first kappa shape index (κ1) is 11.0. The summed E-state index contributed by atoms with van der Waals surface area (Å²) in [6.07, 6.45) is 3.20. The number of benzene rings is 1. The maximum Gasteiger partial charge on any atom is 0.0266 e. The number of aromatic amines is 1. The average molecular weight is 213 g/mol. The molecule has 16 heavy (non-hydrogen) atoms. The third kappa shape index (κ3) is 2.19. The minimum absolute atomic E-state index is 0.487. The Labute approximate surface area is 97.5 Å². The molecule has 1 aromatic heterocycles. The van der Waals surface area contributed by atoms with Crippen LogP contribution < -0.4 is 0 Å². The first-order chi connectivity index (χ1) is 7.83. The van der Waals surface area contributed by atoms with Crippen LogP contribution in [0.5, 0.6) is 0 Å². The van der Waals surface area contributed by atoms with Crippen molar-refractivity contribution < 1.29 is 0 Å². The first-order valence-corrected chi connectivity index (χ1v) is 6.01. The van der Waals surface area contributed by atoms with E-state index in [1.807, 2.05) is 6.20 Å². The monoisotopic (exact) mass is 213 g/mol. The summed E-state index contributed by atoms with van der Waals surface area (Å²) < 4.78 is 0. The average Bonchev–Trinajstić information content (AvgIpc) is 2.84. The Morgan fingerprint density at radius 2 is 1.81 bits per heavy atom. The number of hydrogen-bond donors (Lipinski definition) is 1. The lowest BCUT2D eigenvalue weighted by atomic mass is 9.83. The molecule has 0 aliphatic heterocycles. The molecular formula is C15H19N. The highest BCUT2D eigenvalue weighted by atomic mass is 14.7. The van der Waals surface area contributed by atoms with Crippen molar-refractivity contribution in [2.45, 2.75) is 26.2 Å². The Hall–Kier alpha value is -1.50. The zero-order valence-electron chi connectivity index (χ0n) is 9.98. The van der Waals surface area contributed by atoms with Gasteiger partial charge in [0, 0.05) is 17.8 Å². The molecule has 0 aliphatic rings. The third-order valence-electron chi connectivity index (χ3n) is 3.33. The number of nitrogens with one attached hydrogen (secondary N) is 1. The van der Waals surface area contributed by atoms with Gasteiger partial charge in [0.15, 0.2) is 0 Å². The highest BCUT2D eigenvalue weighted by Gasteiger charge is 2.20. The van der Waals surface area contributed by atoms with E-state index in [0.29, 0.717) is 11.8 Å². The molecule has 0 bridgehead atoms. The summed E-state index contributed by atoms with van der Waals surface area (Å²) in [7, 11) is 0. The summed E-state index contributed by atoms with van der Waals surface area (Å²) in [5, 5.41) is 0. The summed E-state index contributed by atoms with van der Waals surface area (Å²) in [5.74, 6) is 1.14. The zero-order chi connectivity index (χ0) is 11.4. The van der Waals surface area contributed by atoms with E-state index in [4.69, 9.17) is 0 Å². The smallest absolute Gasteiger partial charge is 0.0266 e. The number of H-pyrrole nitrogens is 1. The van der Waals surface area contributed by atoms with Gasteiger partial charge in [-0.1, -0.05) is 50.6 Å². The van der Waals surface area contributed by atoms with Gasteiger partial charge in [0.05, 0.1) is 0 Å². The molecule has 1 nitrogen and oxygen atoms in total. The molecule has 0 radical (unpaired) electrons. The van der Waals surface area contributed by atoms with Crippen molar-refractivity contribution in [2.24, 2.45) is 5.92 Å². The first-order valence-electron chi connectivity index (χ1n) is 6.01. The van der Waals surface area contributed by atoms with E-state index >= 15 is 0 Å². The predicted molar refractivity (Wildman–Crippen MR) is 68.5 cm³/mol. The lowest BCUT2D eigenvalue weighted by Gasteiger charge is -2.22. The van der Waals surface area contributed by atoms with Crippen molar-refractivity contribution in [1.82, 2.24) is 4.98 Å². The lowest BCUT2D eigenvalue weighted by Crippen LogP contribution is -2.11. The molecule has 1 heteroatoms. The largest absolute Gasteiger partial charge is 0.364 e. The van der Waals surface area contributed by atoms with Gasteiger partial charge >= 0.3 is 0 Å². The van der Waals surface area contributed by atoms with E-state index in [-0.39, 0.29) is 0 Å². The SMILES string of the molecule is CCC(C)C(c1ccccc1)c1ccc[nH]1. The molecule has 2 aromatic rings. The minimum atomic E-state index is 0.487. The standard InChI is InChI=1S/C15H19N/c1-3-12(2)15(14-10-7-11-16-14)13-8-5-4-6-9-13/h4-12,15-16H,3H2,1-2H3. The Morgan fingerprint density at radius 1 is 1.06 bits per heavy atom. The number of rotatable bonds is 4. The van der Waals surface area contributed by atoms with Gasteiger partial charge in [0.25, 0.3) is 0 Å². The lowest BCUT2D eigenvalue weighted by molar-refractivity contribution is 0.489. The van der Waals surface area contributed by atoms with Crippen LogP contribution in [0.3, 0.4) is 0 Å². The molecule has 0 spiro atoms. The second-order valence-electron chi connectivity index (χ2n) is 4.40. The second-order valence-corrected chi connectivity index (χ2v) is 4.40. The summed E-state index contributed by atoms with van der Waals surface area (Å²) in [4.78, 5) is 3.35. The molecule has 0 aliphatic carbocycles. The van der Waals surface area contributed by atoms with Gasteiger partial charge in [-0.15, -0.1) is 0 Å². The highest BCUT2D eigenvalue weighted by Crippen LogP contribution is 2.32. The fraction of sp³-hybridized carbons (Fsp3) is 0.333. The molecule has 0 saturated carbocycles. The van der Waals surface area contributed by atoms with Gasteiger partial charge in [0.1, 0.15) is 0 Å². The van der Waals surface area contributed by atoms with Crippen LogP contribution in [0.25, 0.3) is 0 Å². The van der Waals surface area contributed by atoms with Crippen LogP contribution in [-0.2, 0) is 0 Å². The second kappa shape index (κ2) is 5.02. The molecule has 2 rings (SSSR count). The summed E-state index contributed by atoms with van der Waals surface area (Å²) >= 11 is 0. The molecule has 1 N–H and O–H groups in total. The highest BCUT2D eigenvalue weighted by molar-refractivity contribution is 5.29. The van der Waals surface area contributed by atoms with E-state index in [0.717, 1.165) is 0 Å². The summed E-state index contributed by atoms with van der Waals surface area (Å²) in [6.45, 7) is 4.57. The van der Waals surface area contributed by atoms with Crippen LogP contribution in [0.2, 0.25) is 0 Å². The maximum atomic E-state index is 3.35. The Bertz CT molecular complexity index is 402. The molecular weight excluding hydrogens is 194 g/mol. The molecule has 0 saturated heterocycles. The van der Waals surface area contributed by atoms with Crippen LogP contribution in [-0.4, -0.2) is 4.98 Å². The van der Waals surface area contributed by atoms with Gasteiger partial charge in [0.2, 0.25) is 0 Å². The topological polar surface area (TPSA) is 15.8 Å². The van der Waals surface area contributed by atoms with Crippen LogP contribution in [0.1, 0.15) is 37.4 Å². The Morgan fingerprint density at radius 3 is 2.38 bits per heavy atom. The van der Waals surface area contributed by atoms with E-state index in [1.54, 1.807) is 0 Å². The summed E-state index contributed by atoms with van der Waals surface area (Å²) in [6, 6.07) is 15.0. The van der Waals surface area contributed by atoms with Crippen molar-refractivity contribution >= 4 is 0 Å². The molecule has 84 valence electrons. The molecule has 1 aromatic carbocycles. The zero-order valence-corrected chi connectivity index (χ0v) is 9.98. The molecule has 2 atom stereocenters. The molecule has 1 heterocycles. The van der Waals surface area contributed by atoms with E-state index < -0.39 is 0 Å². The third-order valence-corrected chi connectivity index (χ3v) is 3.33. The Balaban J connectivity index is 2.36. The van der Waals surface area contributed by atoms with Crippen molar-refractivity contribution in [3.05, 3.63) is 59.9 Å².